The summed E-state index contributed by atoms with van der Waals surface area (Å²) in [5.41, 5.74) is -1.13. The van der Waals surface area contributed by atoms with E-state index in [9.17, 15) is 13.2 Å². The highest BCUT2D eigenvalue weighted by Crippen LogP contribution is 2.27. The zero-order chi connectivity index (χ0) is 15.6. The molecule has 0 aliphatic heterocycles. The van der Waals surface area contributed by atoms with Crippen LogP contribution in [0.15, 0.2) is 32.0 Å². The lowest BCUT2D eigenvalue weighted by Gasteiger charge is -2.23. The third-order valence-corrected chi connectivity index (χ3v) is 6.00. The van der Waals surface area contributed by atoms with Crippen LogP contribution < -0.4 is 4.72 Å². The number of sulfonamides is 1. The summed E-state index contributed by atoms with van der Waals surface area (Å²) in [6.45, 7) is 3.05. The number of rotatable bonds is 6. The van der Waals surface area contributed by atoms with Crippen LogP contribution in [0.2, 0.25) is 0 Å². The van der Waals surface area contributed by atoms with Gasteiger partial charge in [0.25, 0.3) is 0 Å². The van der Waals surface area contributed by atoms with Gasteiger partial charge in [0.15, 0.2) is 0 Å². The first kappa shape index (κ1) is 17.6. The van der Waals surface area contributed by atoms with Crippen LogP contribution in [0.1, 0.15) is 20.3 Å². The molecule has 0 aliphatic carbocycles. The highest BCUT2D eigenvalue weighted by Gasteiger charge is 2.33. The Morgan fingerprint density at radius 1 is 1.40 bits per heavy atom. The van der Waals surface area contributed by atoms with Crippen LogP contribution in [0.4, 0.5) is 0 Å². The number of benzene rings is 1. The Balaban J connectivity index is 2.99. The third kappa shape index (κ3) is 4.03. The first-order valence-corrected chi connectivity index (χ1v) is 8.87. The van der Waals surface area contributed by atoms with Gasteiger partial charge in [0, 0.05) is 15.5 Å². The maximum absolute atomic E-state index is 12.2. The molecule has 0 saturated heterocycles. The summed E-state index contributed by atoms with van der Waals surface area (Å²) in [5, 5.41) is 9.14. The fraction of sp³-hybridized carbons (Fsp3) is 0.417. The summed E-state index contributed by atoms with van der Waals surface area (Å²) < 4.78 is 27.9. The molecular weight excluding hydrogens is 414 g/mol. The third-order valence-electron chi connectivity index (χ3n) is 3.13. The van der Waals surface area contributed by atoms with Crippen LogP contribution in [0.5, 0.6) is 0 Å². The summed E-state index contributed by atoms with van der Waals surface area (Å²) in [4.78, 5) is 11.2. The van der Waals surface area contributed by atoms with Gasteiger partial charge >= 0.3 is 5.97 Å². The van der Waals surface area contributed by atoms with Crippen molar-refractivity contribution in [3.63, 3.8) is 0 Å². The lowest BCUT2D eigenvalue weighted by atomic mass is 9.88. The van der Waals surface area contributed by atoms with Crippen LogP contribution >= 0.6 is 31.9 Å². The fourth-order valence-corrected chi connectivity index (χ4v) is 4.29. The van der Waals surface area contributed by atoms with Gasteiger partial charge in [-0.25, -0.2) is 13.1 Å². The van der Waals surface area contributed by atoms with Crippen LogP contribution in [0.3, 0.4) is 0 Å². The SMILES string of the molecule is CCC(C)(CNS(=O)(=O)c1ccc(Br)cc1Br)C(=O)O. The van der Waals surface area contributed by atoms with Crippen molar-refractivity contribution in [2.75, 3.05) is 6.54 Å². The number of hydrogen-bond acceptors (Lipinski definition) is 3. The monoisotopic (exact) mass is 427 g/mol. The molecule has 1 aromatic carbocycles. The van der Waals surface area contributed by atoms with E-state index in [0.29, 0.717) is 10.9 Å². The molecule has 8 heteroatoms. The number of nitrogens with one attached hydrogen (secondary N) is 1. The van der Waals surface area contributed by atoms with E-state index >= 15 is 0 Å². The summed E-state index contributed by atoms with van der Waals surface area (Å²) in [7, 11) is -3.77. The molecule has 0 aromatic heterocycles. The molecule has 0 spiro atoms. The van der Waals surface area contributed by atoms with Crippen LogP contribution in [-0.2, 0) is 14.8 Å². The Hall–Kier alpha value is -0.440. The normalized spacial score (nSPS) is 14.8. The van der Waals surface area contributed by atoms with E-state index in [-0.39, 0.29) is 11.4 Å². The molecule has 1 rings (SSSR count). The maximum Gasteiger partial charge on any atom is 0.310 e. The Labute approximate surface area is 135 Å². The number of aliphatic carboxylic acids is 1. The van der Waals surface area contributed by atoms with E-state index in [2.05, 4.69) is 36.6 Å². The number of halogens is 2. The van der Waals surface area contributed by atoms with E-state index in [4.69, 9.17) is 5.11 Å². The van der Waals surface area contributed by atoms with E-state index in [1.807, 2.05) is 0 Å². The quantitative estimate of drug-likeness (QED) is 0.729. The van der Waals surface area contributed by atoms with Gasteiger partial charge in [-0.15, -0.1) is 0 Å². The molecule has 0 amide bonds. The summed E-state index contributed by atoms with van der Waals surface area (Å²) in [5.74, 6) is -1.03. The highest BCUT2D eigenvalue weighted by atomic mass is 79.9. The second kappa shape index (κ2) is 6.55. The minimum atomic E-state index is -3.77. The molecule has 20 heavy (non-hydrogen) atoms. The zero-order valence-electron chi connectivity index (χ0n) is 11.0. The van der Waals surface area contributed by atoms with E-state index in [1.54, 1.807) is 19.1 Å². The Kier molecular flexibility index (Phi) is 5.77. The van der Waals surface area contributed by atoms with Crippen molar-refractivity contribution in [1.82, 2.24) is 4.72 Å². The van der Waals surface area contributed by atoms with E-state index in [0.717, 1.165) is 4.47 Å². The topological polar surface area (TPSA) is 83.5 Å². The molecule has 0 aliphatic rings. The van der Waals surface area contributed by atoms with Gasteiger partial charge in [-0.05, 0) is 47.5 Å². The maximum atomic E-state index is 12.2. The molecule has 0 saturated carbocycles. The van der Waals surface area contributed by atoms with Crippen LogP contribution in [0.25, 0.3) is 0 Å². The van der Waals surface area contributed by atoms with Gasteiger partial charge < -0.3 is 5.11 Å². The lowest BCUT2D eigenvalue weighted by molar-refractivity contribution is -0.147. The highest BCUT2D eigenvalue weighted by molar-refractivity contribution is 9.11. The van der Waals surface area contributed by atoms with Gasteiger partial charge in [0.05, 0.1) is 10.3 Å². The van der Waals surface area contributed by atoms with Crippen molar-refractivity contribution in [1.29, 1.82) is 0 Å². The molecule has 0 fully saturated rings. The number of hydrogen-bond donors (Lipinski definition) is 2. The molecular formula is C12H15Br2NO4S. The van der Waals surface area contributed by atoms with Crippen molar-refractivity contribution in [3.8, 4) is 0 Å². The van der Waals surface area contributed by atoms with Gasteiger partial charge in [-0.3, -0.25) is 4.79 Å². The predicted molar refractivity (Wildman–Crippen MR) is 83.1 cm³/mol. The summed E-state index contributed by atoms with van der Waals surface area (Å²) in [6.07, 6.45) is 0.326. The minimum Gasteiger partial charge on any atom is -0.481 e. The Morgan fingerprint density at radius 2 is 2.00 bits per heavy atom. The number of carboxylic acid groups (broad SMARTS) is 1. The van der Waals surface area contributed by atoms with Crippen molar-refractivity contribution in [2.45, 2.75) is 25.2 Å². The summed E-state index contributed by atoms with van der Waals surface area (Å²) >= 11 is 6.42. The van der Waals surface area contributed by atoms with Crippen molar-refractivity contribution in [3.05, 3.63) is 27.1 Å². The second-order valence-electron chi connectivity index (χ2n) is 4.62. The van der Waals surface area contributed by atoms with Crippen molar-refractivity contribution >= 4 is 47.9 Å². The van der Waals surface area contributed by atoms with E-state index < -0.39 is 21.4 Å². The molecule has 1 atom stereocenters. The summed E-state index contributed by atoms with van der Waals surface area (Å²) in [6, 6.07) is 4.67. The minimum absolute atomic E-state index is 0.0736. The second-order valence-corrected chi connectivity index (χ2v) is 8.12. The molecule has 1 unspecified atom stereocenters. The molecule has 1 aromatic rings. The zero-order valence-corrected chi connectivity index (χ0v) is 15.0. The van der Waals surface area contributed by atoms with Crippen LogP contribution in [-0.4, -0.2) is 26.0 Å². The number of carbonyl (C=O) groups is 1. The van der Waals surface area contributed by atoms with Crippen molar-refractivity contribution < 1.29 is 18.3 Å². The largest absolute Gasteiger partial charge is 0.481 e. The fourth-order valence-electron chi connectivity index (χ4n) is 1.38. The molecule has 0 bridgehead atoms. The standard InChI is InChI=1S/C12H15Br2NO4S/c1-3-12(2,11(16)17)7-15-20(18,19)10-5-4-8(13)6-9(10)14/h4-6,15H,3,7H2,1-2H3,(H,16,17). The Bertz CT molecular complexity index is 618. The first-order valence-electron chi connectivity index (χ1n) is 5.80. The average molecular weight is 429 g/mol. The Morgan fingerprint density at radius 3 is 2.45 bits per heavy atom. The van der Waals surface area contributed by atoms with Gasteiger partial charge in [0.2, 0.25) is 10.0 Å². The number of carboxylic acids is 1. The molecule has 5 nitrogen and oxygen atoms in total. The van der Waals surface area contributed by atoms with Gasteiger partial charge in [-0.2, -0.15) is 0 Å². The molecule has 0 radical (unpaired) electrons. The molecule has 112 valence electrons. The van der Waals surface area contributed by atoms with Gasteiger partial charge in [-0.1, -0.05) is 22.9 Å². The van der Waals surface area contributed by atoms with E-state index in [1.165, 1.54) is 13.0 Å². The molecule has 0 heterocycles. The predicted octanol–water partition coefficient (Wildman–Crippen LogP) is 2.99. The van der Waals surface area contributed by atoms with Crippen LogP contribution in [0, 0.1) is 5.41 Å². The van der Waals surface area contributed by atoms with Gasteiger partial charge in [0.1, 0.15) is 0 Å². The first-order chi connectivity index (χ1) is 9.12. The van der Waals surface area contributed by atoms with Crippen molar-refractivity contribution in [2.24, 2.45) is 5.41 Å². The molecule has 2 N–H and O–H groups in total. The smallest absolute Gasteiger partial charge is 0.310 e. The average Bonchev–Trinajstić information content (AvgIpc) is 2.35. The lowest BCUT2D eigenvalue weighted by Crippen LogP contribution is -2.40.